The van der Waals surface area contributed by atoms with Gasteiger partial charge in [0.05, 0.1) is 5.56 Å². The van der Waals surface area contributed by atoms with E-state index in [-0.39, 0.29) is 11.1 Å². The number of nitrogens with zero attached hydrogens (tertiary/aromatic N) is 1. The van der Waals surface area contributed by atoms with E-state index in [1.54, 1.807) is 0 Å². The van der Waals surface area contributed by atoms with Gasteiger partial charge in [0.2, 0.25) is 0 Å². The van der Waals surface area contributed by atoms with Gasteiger partial charge in [-0.05, 0) is 25.1 Å². The molecule has 17 heavy (non-hydrogen) atoms. The molecule has 0 radical (unpaired) electrons. The summed E-state index contributed by atoms with van der Waals surface area (Å²) in [5.41, 5.74) is 5.65. The Morgan fingerprint density at radius 1 is 1.41 bits per heavy atom. The monoisotopic (exact) mass is 240 g/mol. The van der Waals surface area contributed by atoms with Gasteiger partial charge in [-0.1, -0.05) is 0 Å². The molecule has 1 amide bonds. The number of halogens is 2. The number of amides is 1. The number of hydrogen-bond donors (Lipinski definition) is 1. The van der Waals surface area contributed by atoms with E-state index in [4.69, 9.17) is 5.73 Å². The average molecular weight is 240 g/mol. The van der Waals surface area contributed by atoms with E-state index in [2.05, 4.69) is 0 Å². The fourth-order valence-electron chi connectivity index (χ4n) is 1.88. The SMILES string of the molecule is Cc1cc(C(=O)N2CC(CN)C2)c(F)cc1F. The Bertz CT molecular complexity index is 456. The molecule has 3 nitrogen and oxygen atoms in total. The Morgan fingerprint density at radius 2 is 2.06 bits per heavy atom. The van der Waals surface area contributed by atoms with Gasteiger partial charge in [-0.25, -0.2) is 8.78 Å². The number of carbonyl (C=O) groups excluding carboxylic acids is 1. The molecule has 1 aliphatic rings. The number of carbonyl (C=O) groups is 1. The topological polar surface area (TPSA) is 46.3 Å². The van der Waals surface area contributed by atoms with Crippen molar-refractivity contribution in [3.05, 3.63) is 34.9 Å². The predicted molar refractivity (Wildman–Crippen MR) is 59.5 cm³/mol. The third-order valence-electron chi connectivity index (χ3n) is 3.06. The Kier molecular flexibility index (Phi) is 3.11. The lowest BCUT2D eigenvalue weighted by molar-refractivity contribution is 0.0510. The van der Waals surface area contributed by atoms with Crippen LogP contribution in [-0.2, 0) is 0 Å². The van der Waals surface area contributed by atoms with E-state index < -0.39 is 17.5 Å². The summed E-state index contributed by atoms with van der Waals surface area (Å²) in [4.78, 5) is 13.4. The van der Waals surface area contributed by atoms with Crippen LogP contribution in [0, 0.1) is 24.5 Å². The molecule has 1 fully saturated rings. The first-order chi connectivity index (χ1) is 8.02. The minimum atomic E-state index is -0.811. The largest absolute Gasteiger partial charge is 0.338 e. The minimum Gasteiger partial charge on any atom is -0.338 e. The fraction of sp³-hybridized carbons (Fsp3) is 0.417. The quantitative estimate of drug-likeness (QED) is 0.847. The molecule has 1 aromatic rings. The number of benzene rings is 1. The van der Waals surface area contributed by atoms with E-state index >= 15 is 0 Å². The molecule has 1 aromatic carbocycles. The van der Waals surface area contributed by atoms with Crippen LogP contribution in [0.1, 0.15) is 15.9 Å². The first kappa shape index (κ1) is 12.0. The standard InChI is InChI=1S/C12H14F2N2O/c1-7-2-9(11(14)3-10(7)13)12(17)16-5-8(4-15)6-16/h2-3,8H,4-6,15H2,1H3. The molecule has 1 aliphatic heterocycles. The Balaban J connectivity index is 2.18. The summed E-state index contributed by atoms with van der Waals surface area (Å²) in [5.74, 6) is -1.55. The number of likely N-dealkylation sites (tertiary alicyclic amines) is 1. The highest BCUT2D eigenvalue weighted by Crippen LogP contribution is 2.21. The summed E-state index contributed by atoms with van der Waals surface area (Å²) in [7, 11) is 0. The molecular weight excluding hydrogens is 226 g/mol. The smallest absolute Gasteiger partial charge is 0.256 e. The van der Waals surface area contributed by atoms with Crippen LogP contribution in [0.15, 0.2) is 12.1 Å². The highest BCUT2D eigenvalue weighted by Gasteiger charge is 2.31. The first-order valence-electron chi connectivity index (χ1n) is 5.48. The number of nitrogens with two attached hydrogens (primary N) is 1. The Hall–Kier alpha value is -1.49. The Morgan fingerprint density at radius 3 is 2.65 bits per heavy atom. The van der Waals surface area contributed by atoms with Crippen LogP contribution in [-0.4, -0.2) is 30.4 Å². The summed E-state index contributed by atoms with van der Waals surface area (Å²) in [6.07, 6.45) is 0. The molecule has 0 unspecified atom stereocenters. The third kappa shape index (κ3) is 2.15. The maximum Gasteiger partial charge on any atom is 0.256 e. The van der Waals surface area contributed by atoms with Crippen molar-refractivity contribution in [3.8, 4) is 0 Å². The van der Waals surface area contributed by atoms with Crippen LogP contribution < -0.4 is 5.73 Å². The molecule has 0 aliphatic carbocycles. The highest BCUT2D eigenvalue weighted by atomic mass is 19.1. The van der Waals surface area contributed by atoms with E-state index in [0.29, 0.717) is 25.6 Å². The summed E-state index contributed by atoms with van der Waals surface area (Å²) in [5, 5.41) is 0. The summed E-state index contributed by atoms with van der Waals surface area (Å²) in [6, 6.07) is 2.01. The van der Waals surface area contributed by atoms with Gasteiger partial charge in [0.15, 0.2) is 0 Å². The summed E-state index contributed by atoms with van der Waals surface area (Å²) < 4.78 is 26.5. The van der Waals surface area contributed by atoms with Gasteiger partial charge < -0.3 is 10.6 Å². The Labute approximate surface area is 98.2 Å². The maximum absolute atomic E-state index is 13.5. The zero-order valence-electron chi connectivity index (χ0n) is 9.54. The minimum absolute atomic E-state index is 0.0700. The lowest BCUT2D eigenvalue weighted by atomic mass is 9.98. The molecular formula is C12H14F2N2O. The van der Waals surface area contributed by atoms with Crippen molar-refractivity contribution in [1.29, 1.82) is 0 Å². The average Bonchev–Trinajstić information content (AvgIpc) is 2.21. The normalized spacial score (nSPS) is 15.9. The van der Waals surface area contributed by atoms with Gasteiger partial charge in [0, 0.05) is 25.1 Å². The van der Waals surface area contributed by atoms with Gasteiger partial charge in [-0.3, -0.25) is 4.79 Å². The van der Waals surface area contributed by atoms with Crippen molar-refractivity contribution >= 4 is 5.91 Å². The molecule has 1 saturated heterocycles. The second kappa shape index (κ2) is 4.41. The van der Waals surface area contributed by atoms with Crippen molar-refractivity contribution in [2.24, 2.45) is 11.7 Å². The molecule has 2 rings (SSSR count). The van der Waals surface area contributed by atoms with Crippen LogP contribution in [0.3, 0.4) is 0 Å². The van der Waals surface area contributed by atoms with Crippen LogP contribution >= 0.6 is 0 Å². The van der Waals surface area contributed by atoms with Gasteiger partial charge in [-0.15, -0.1) is 0 Å². The maximum atomic E-state index is 13.5. The van der Waals surface area contributed by atoms with Crippen LogP contribution in [0.4, 0.5) is 8.78 Å². The number of aryl methyl sites for hydroxylation is 1. The van der Waals surface area contributed by atoms with Crippen molar-refractivity contribution < 1.29 is 13.6 Å². The zero-order chi connectivity index (χ0) is 12.6. The molecule has 0 atom stereocenters. The van der Waals surface area contributed by atoms with Gasteiger partial charge in [-0.2, -0.15) is 0 Å². The van der Waals surface area contributed by atoms with Crippen molar-refractivity contribution in [2.45, 2.75) is 6.92 Å². The van der Waals surface area contributed by atoms with E-state index in [1.807, 2.05) is 0 Å². The second-order valence-corrected chi connectivity index (χ2v) is 4.39. The van der Waals surface area contributed by atoms with E-state index in [0.717, 1.165) is 6.07 Å². The molecule has 0 bridgehead atoms. The van der Waals surface area contributed by atoms with Crippen molar-refractivity contribution in [1.82, 2.24) is 4.90 Å². The molecule has 5 heteroatoms. The fourth-order valence-corrected chi connectivity index (χ4v) is 1.88. The number of rotatable bonds is 2. The molecule has 0 saturated carbocycles. The second-order valence-electron chi connectivity index (χ2n) is 4.39. The molecule has 0 spiro atoms. The van der Waals surface area contributed by atoms with Crippen molar-refractivity contribution in [3.63, 3.8) is 0 Å². The summed E-state index contributed by atoms with van der Waals surface area (Å²) >= 11 is 0. The van der Waals surface area contributed by atoms with Gasteiger partial charge >= 0.3 is 0 Å². The molecule has 0 aromatic heterocycles. The van der Waals surface area contributed by atoms with Crippen LogP contribution in [0.2, 0.25) is 0 Å². The van der Waals surface area contributed by atoms with E-state index in [1.165, 1.54) is 17.9 Å². The van der Waals surface area contributed by atoms with Crippen LogP contribution in [0.5, 0.6) is 0 Å². The number of hydrogen-bond acceptors (Lipinski definition) is 2. The predicted octanol–water partition coefficient (Wildman–Crippen LogP) is 1.30. The summed E-state index contributed by atoms with van der Waals surface area (Å²) in [6.45, 7) is 3.12. The zero-order valence-corrected chi connectivity index (χ0v) is 9.54. The highest BCUT2D eigenvalue weighted by molar-refractivity contribution is 5.95. The van der Waals surface area contributed by atoms with Gasteiger partial charge in [0.1, 0.15) is 11.6 Å². The first-order valence-corrected chi connectivity index (χ1v) is 5.48. The molecule has 1 heterocycles. The lowest BCUT2D eigenvalue weighted by Gasteiger charge is -2.38. The van der Waals surface area contributed by atoms with Gasteiger partial charge in [0.25, 0.3) is 5.91 Å². The van der Waals surface area contributed by atoms with Crippen molar-refractivity contribution in [2.75, 3.05) is 19.6 Å². The third-order valence-corrected chi connectivity index (χ3v) is 3.06. The van der Waals surface area contributed by atoms with Crippen LogP contribution in [0.25, 0.3) is 0 Å². The molecule has 2 N–H and O–H groups in total. The van der Waals surface area contributed by atoms with E-state index in [9.17, 15) is 13.6 Å². The lowest BCUT2D eigenvalue weighted by Crippen LogP contribution is -2.52. The molecule has 92 valence electrons.